The van der Waals surface area contributed by atoms with Crippen molar-refractivity contribution < 1.29 is 13.9 Å². The molecule has 0 bridgehead atoms. The monoisotopic (exact) mass is 304 g/mol. The van der Waals surface area contributed by atoms with Gasteiger partial charge in [0.2, 0.25) is 0 Å². The Morgan fingerprint density at radius 1 is 1.55 bits per heavy atom. The first-order chi connectivity index (χ1) is 10.6. The number of halogens is 1. The van der Waals surface area contributed by atoms with Crippen LogP contribution in [0, 0.1) is 12.7 Å². The number of nitrogens with one attached hydrogen (secondary N) is 1. The third-order valence-electron chi connectivity index (χ3n) is 3.65. The summed E-state index contributed by atoms with van der Waals surface area (Å²) in [6.07, 6.45) is 3.60. The number of carbonyl (C=O) groups excluding carboxylic acids is 1. The first-order valence-corrected chi connectivity index (χ1v) is 7.22. The first-order valence-electron chi connectivity index (χ1n) is 7.22. The van der Waals surface area contributed by atoms with Gasteiger partial charge in [0.1, 0.15) is 5.82 Å². The summed E-state index contributed by atoms with van der Waals surface area (Å²) in [4.78, 5) is 12.0. The topological polar surface area (TPSA) is 69.0 Å². The highest BCUT2D eigenvalue weighted by molar-refractivity contribution is 5.91. The third kappa shape index (κ3) is 3.14. The van der Waals surface area contributed by atoms with Gasteiger partial charge in [-0.1, -0.05) is 5.21 Å². The second-order valence-corrected chi connectivity index (χ2v) is 5.33. The molecule has 1 aliphatic rings. The molecule has 6 nitrogen and oxygen atoms in total. The van der Waals surface area contributed by atoms with Crippen molar-refractivity contribution in [1.82, 2.24) is 20.3 Å². The Kier molecular flexibility index (Phi) is 4.15. The molecule has 22 heavy (non-hydrogen) atoms. The van der Waals surface area contributed by atoms with Gasteiger partial charge in [-0.3, -0.25) is 4.79 Å². The average molecular weight is 304 g/mol. The van der Waals surface area contributed by atoms with Crippen LogP contribution in [-0.4, -0.2) is 40.2 Å². The van der Waals surface area contributed by atoms with Crippen molar-refractivity contribution in [3.05, 3.63) is 41.5 Å². The standard InChI is InChI=1S/C15H17FN4O2/c1-10-7-11(4-5-13(10)16)20-9-14(18-19-20)15(21)17-8-12-3-2-6-22-12/h4-5,7,9,12H,2-3,6,8H2,1H3,(H,17,21)/t12-/m1/s1. The number of aryl methyl sites for hydroxylation is 1. The van der Waals surface area contributed by atoms with Crippen molar-refractivity contribution in [2.24, 2.45) is 0 Å². The summed E-state index contributed by atoms with van der Waals surface area (Å²) < 4.78 is 20.2. The molecular formula is C15H17FN4O2. The molecule has 1 aromatic heterocycles. The van der Waals surface area contributed by atoms with E-state index in [1.165, 1.54) is 16.9 Å². The fourth-order valence-corrected chi connectivity index (χ4v) is 2.37. The Morgan fingerprint density at radius 3 is 3.14 bits per heavy atom. The van der Waals surface area contributed by atoms with Crippen LogP contribution in [0.1, 0.15) is 28.9 Å². The smallest absolute Gasteiger partial charge is 0.273 e. The number of benzene rings is 1. The molecule has 0 saturated carbocycles. The van der Waals surface area contributed by atoms with E-state index in [1.54, 1.807) is 19.1 Å². The minimum absolute atomic E-state index is 0.0822. The minimum atomic E-state index is -0.291. The second kappa shape index (κ2) is 6.23. The van der Waals surface area contributed by atoms with Gasteiger partial charge in [-0.05, 0) is 43.5 Å². The first kappa shape index (κ1) is 14.6. The highest BCUT2D eigenvalue weighted by Crippen LogP contribution is 2.13. The highest BCUT2D eigenvalue weighted by atomic mass is 19.1. The van der Waals surface area contributed by atoms with Gasteiger partial charge in [-0.25, -0.2) is 9.07 Å². The van der Waals surface area contributed by atoms with Crippen LogP contribution in [0.25, 0.3) is 5.69 Å². The number of aromatic nitrogens is 3. The Bertz CT molecular complexity index is 680. The molecular weight excluding hydrogens is 287 g/mol. The molecule has 3 rings (SSSR count). The fraction of sp³-hybridized carbons (Fsp3) is 0.400. The fourth-order valence-electron chi connectivity index (χ4n) is 2.37. The Balaban J connectivity index is 1.67. The van der Waals surface area contributed by atoms with Crippen molar-refractivity contribution in [1.29, 1.82) is 0 Å². The molecule has 1 atom stereocenters. The molecule has 2 aromatic rings. The zero-order valence-corrected chi connectivity index (χ0v) is 12.3. The zero-order valence-electron chi connectivity index (χ0n) is 12.3. The number of rotatable bonds is 4. The lowest BCUT2D eigenvalue weighted by atomic mass is 10.2. The third-order valence-corrected chi connectivity index (χ3v) is 3.65. The van der Waals surface area contributed by atoms with Crippen molar-refractivity contribution >= 4 is 5.91 Å². The van der Waals surface area contributed by atoms with Crippen LogP contribution in [0.15, 0.2) is 24.4 Å². The lowest BCUT2D eigenvalue weighted by Gasteiger charge is -2.09. The molecule has 1 N–H and O–H groups in total. The molecule has 2 heterocycles. The molecule has 1 fully saturated rings. The second-order valence-electron chi connectivity index (χ2n) is 5.33. The minimum Gasteiger partial charge on any atom is -0.376 e. The molecule has 1 aliphatic heterocycles. The van der Waals surface area contributed by atoms with Gasteiger partial charge in [-0.2, -0.15) is 0 Å². The van der Waals surface area contributed by atoms with Gasteiger partial charge in [-0.15, -0.1) is 5.10 Å². The van der Waals surface area contributed by atoms with Crippen LogP contribution >= 0.6 is 0 Å². The molecule has 0 unspecified atom stereocenters. The van der Waals surface area contributed by atoms with Gasteiger partial charge in [0.15, 0.2) is 5.69 Å². The molecule has 116 valence electrons. The Hall–Kier alpha value is -2.28. The van der Waals surface area contributed by atoms with E-state index in [9.17, 15) is 9.18 Å². The van der Waals surface area contributed by atoms with Crippen LogP contribution in [0.3, 0.4) is 0 Å². The van der Waals surface area contributed by atoms with E-state index in [-0.39, 0.29) is 23.5 Å². The van der Waals surface area contributed by atoms with Crippen molar-refractivity contribution in [3.63, 3.8) is 0 Å². The summed E-state index contributed by atoms with van der Waals surface area (Å²) in [6, 6.07) is 4.60. The van der Waals surface area contributed by atoms with E-state index >= 15 is 0 Å². The summed E-state index contributed by atoms with van der Waals surface area (Å²) >= 11 is 0. The largest absolute Gasteiger partial charge is 0.376 e. The van der Waals surface area contributed by atoms with Crippen LogP contribution in [0.4, 0.5) is 4.39 Å². The Morgan fingerprint density at radius 2 is 2.41 bits per heavy atom. The van der Waals surface area contributed by atoms with Crippen LogP contribution in [0.5, 0.6) is 0 Å². The number of amides is 1. The molecule has 0 radical (unpaired) electrons. The summed E-state index contributed by atoms with van der Waals surface area (Å²) in [7, 11) is 0. The number of nitrogens with zero attached hydrogens (tertiary/aromatic N) is 3. The van der Waals surface area contributed by atoms with E-state index in [2.05, 4.69) is 15.6 Å². The maximum absolute atomic E-state index is 13.3. The molecule has 1 saturated heterocycles. The van der Waals surface area contributed by atoms with Gasteiger partial charge in [0, 0.05) is 13.2 Å². The predicted octanol–water partition coefficient (Wildman–Crippen LogP) is 1.62. The number of hydrogen-bond donors (Lipinski definition) is 1. The van der Waals surface area contributed by atoms with Crippen molar-refractivity contribution in [3.8, 4) is 5.69 Å². The normalized spacial score (nSPS) is 17.6. The quantitative estimate of drug-likeness (QED) is 0.932. The Labute approximate surface area is 127 Å². The molecule has 1 amide bonds. The SMILES string of the molecule is Cc1cc(-n2cc(C(=O)NC[C@H]3CCCO3)nn2)ccc1F. The summed E-state index contributed by atoms with van der Waals surface area (Å²) in [5.41, 5.74) is 1.39. The summed E-state index contributed by atoms with van der Waals surface area (Å²) in [5, 5.41) is 10.6. The van der Waals surface area contributed by atoms with E-state index in [1.807, 2.05) is 0 Å². The molecule has 0 aliphatic carbocycles. The van der Waals surface area contributed by atoms with Gasteiger partial charge in [0.25, 0.3) is 5.91 Å². The predicted molar refractivity (Wildman–Crippen MR) is 77.4 cm³/mol. The van der Waals surface area contributed by atoms with Crippen LogP contribution in [-0.2, 0) is 4.74 Å². The molecule has 0 spiro atoms. The summed E-state index contributed by atoms with van der Waals surface area (Å²) in [5.74, 6) is -0.570. The van der Waals surface area contributed by atoms with E-state index in [0.717, 1.165) is 19.4 Å². The number of hydrogen-bond acceptors (Lipinski definition) is 4. The lowest BCUT2D eigenvalue weighted by Crippen LogP contribution is -2.31. The van der Waals surface area contributed by atoms with Gasteiger partial charge >= 0.3 is 0 Å². The maximum Gasteiger partial charge on any atom is 0.273 e. The zero-order chi connectivity index (χ0) is 15.5. The van der Waals surface area contributed by atoms with Crippen molar-refractivity contribution in [2.45, 2.75) is 25.9 Å². The van der Waals surface area contributed by atoms with Gasteiger partial charge < -0.3 is 10.1 Å². The highest BCUT2D eigenvalue weighted by Gasteiger charge is 2.18. The molecule has 7 heteroatoms. The van der Waals surface area contributed by atoms with E-state index in [0.29, 0.717) is 17.8 Å². The van der Waals surface area contributed by atoms with E-state index in [4.69, 9.17) is 4.74 Å². The van der Waals surface area contributed by atoms with Crippen molar-refractivity contribution in [2.75, 3.05) is 13.2 Å². The van der Waals surface area contributed by atoms with E-state index < -0.39 is 0 Å². The van der Waals surface area contributed by atoms with Crippen LogP contribution in [0.2, 0.25) is 0 Å². The van der Waals surface area contributed by atoms with Gasteiger partial charge in [0.05, 0.1) is 18.0 Å². The maximum atomic E-state index is 13.3. The lowest BCUT2D eigenvalue weighted by molar-refractivity contribution is 0.0853. The molecule has 1 aromatic carbocycles. The number of carbonyl (C=O) groups is 1. The number of ether oxygens (including phenoxy) is 1. The average Bonchev–Trinajstić information content (AvgIpc) is 3.18. The summed E-state index contributed by atoms with van der Waals surface area (Å²) in [6.45, 7) is 2.90. The van der Waals surface area contributed by atoms with Crippen LogP contribution < -0.4 is 5.32 Å².